The van der Waals surface area contributed by atoms with Crippen molar-refractivity contribution >= 4 is 29.1 Å². The smallest absolute Gasteiger partial charge is 0.274 e. The van der Waals surface area contributed by atoms with Gasteiger partial charge in [0.15, 0.2) is 0 Å². The summed E-state index contributed by atoms with van der Waals surface area (Å²) in [6, 6.07) is 9.85. The van der Waals surface area contributed by atoms with Gasteiger partial charge in [0, 0.05) is 29.0 Å². The van der Waals surface area contributed by atoms with Crippen LogP contribution in [0.4, 0.5) is 5.69 Å². The van der Waals surface area contributed by atoms with E-state index >= 15 is 0 Å². The molecule has 0 bridgehead atoms. The molecule has 0 aliphatic heterocycles. The maximum absolute atomic E-state index is 12.2. The third-order valence-electron chi connectivity index (χ3n) is 3.42. The van der Waals surface area contributed by atoms with Gasteiger partial charge in [0.2, 0.25) is 0 Å². The molecule has 0 aliphatic rings. The molecule has 6 heteroatoms. The Morgan fingerprint density at radius 1 is 1.08 bits per heavy atom. The van der Waals surface area contributed by atoms with Crippen LogP contribution in [0.15, 0.2) is 42.6 Å². The van der Waals surface area contributed by atoms with Crippen LogP contribution in [0.1, 0.15) is 47.0 Å². The lowest BCUT2D eigenvalue weighted by atomic mass is 10.2. The molecule has 0 fully saturated rings. The van der Waals surface area contributed by atoms with Gasteiger partial charge < -0.3 is 10.6 Å². The third-order valence-corrected chi connectivity index (χ3v) is 3.67. The molecule has 2 aromatic rings. The largest absolute Gasteiger partial charge is 0.352 e. The topological polar surface area (TPSA) is 71.1 Å². The van der Waals surface area contributed by atoms with Crippen molar-refractivity contribution in [3.63, 3.8) is 0 Å². The molecule has 2 amide bonds. The van der Waals surface area contributed by atoms with E-state index in [2.05, 4.69) is 22.5 Å². The lowest BCUT2D eigenvalue weighted by Crippen LogP contribution is -2.25. The number of unbranched alkanes of at least 4 members (excludes halogenated alkanes) is 2. The Bertz CT molecular complexity index is 702. The monoisotopic (exact) mass is 345 g/mol. The average Bonchev–Trinajstić information content (AvgIpc) is 2.60. The summed E-state index contributed by atoms with van der Waals surface area (Å²) in [6.45, 7) is 2.73. The van der Waals surface area contributed by atoms with Gasteiger partial charge in [-0.2, -0.15) is 0 Å². The molecule has 1 aromatic carbocycles. The quantitative estimate of drug-likeness (QED) is 0.747. The van der Waals surface area contributed by atoms with E-state index in [9.17, 15) is 9.59 Å². The fourth-order valence-electron chi connectivity index (χ4n) is 2.10. The number of hydrogen-bond donors (Lipinski definition) is 2. The molecule has 0 saturated heterocycles. The second-order valence-corrected chi connectivity index (χ2v) is 5.79. The highest BCUT2D eigenvalue weighted by molar-refractivity contribution is 6.30. The molecule has 1 aromatic heterocycles. The van der Waals surface area contributed by atoms with Gasteiger partial charge >= 0.3 is 0 Å². The van der Waals surface area contributed by atoms with Crippen LogP contribution >= 0.6 is 11.6 Å². The maximum atomic E-state index is 12.2. The van der Waals surface area contributed by atoms with Crippen LogP contribution in [0.25, 0.3) is 0 Å². The Labute approximate surface area is 146 Å². The van der Waals surface area contributed by atoms with Gasteiger partial charge in [-0.25, -0.2) is 0 Å². The van der Waals surface area contributed by atoms with Gasteiger partial charge in [-0.05, 0) is 42.8 Å². The second-order valence-electron chi connectivity index (χ2n) is 5.35. The van der Waals surface area contributed by atoms with E-state index in [0.29, 0.717) is 22.8 Å². The van der Waals surface area contributed by atoms with Crippen molar-refractivity contribution < 1.29 is 9.59 Å². The Kier molecular flexibility index (Phi) is 6.75. The highest BCUT2D eigenvalue weighted by Gasteiger charge is 2.12. The molecule has 5 nitrogen and oxygen atoms in total. The van der Waals surface area contributed by atoms with Crippen molar-refractivity contribution in [3.05, 3.63) is 58.9 Å². The highest BCUT2D eigenvalue weighted by Crippen LogP contribution is 2.14. The molecule has 126 valence electrons. The number of carbonyl (C=O) groups excluding carboxylic acids is 2. The van der Waals surface area contributed by atoms with E-state index in [1.807, 2.05) is 0 Å². The van der Waals surface area contributed by atoms with E-state index in [4.69, 9.17) is 11.6 Å². The number of nitrogens with one attached hydrogen (secondary N) is 2. The SMILES string of the molecule is CCCCCNC(=O)c1ccnc(C(=O)Nc2ccc(Cl)cc2)c1. The van der Waals surface area contributed by atoms with Crippen molar-refractivity contribution in [2.45, 2.75) is 26.2 Å². The van der Waals surface area contributed by atoms with Crippen LogP contribution in [0.3, 0.4) is 0 Å². The molecule has 0 unspecified atom stereocenters. The Morgan fingerprint density at radius 3 is 2.54 bits per heavy atom. The highest BCUT2D eigenvalue weighted by atomic mass is 35.5. The summed E-state index contributed by atoms with van der Waals surface area (Å²) in [5, 5.41) is 6.15. The summed E-state index contributed by atoms with van der Waals surface area (Å²) in [4.78, 5) is 28.4. The first-order chi connectivity index (χ1) is 11.6. The number of aromatic nitrogens is 1. The number of benzene rings is 1. The summed E-state index contributed by atoms with van der Waals surface area (Å²) in [5.41, 5.74) is 1.22. The minimum Gasteiger partial charge on any atom is -0.352 e. The number of carbonyl (C=O) groups is 2. The molecule has 0 saturated carbocycles. The van der Waals surface area contributed by atoms with Crippen LogP contribution in [0, 0.1) is 0 Å². The van der Waals surface area contributed by atoms with Gasteiger partial charge in [-0.3, -0.25) is 14.6 Å². The molecule has 24 heavy (non-hydrogen) atoms. The van der Waals surface area contributed by atoms with Gasteiger partial charge in [0.25, 0.3) is 11.8 Å². The van der Waals surface area contributed by atoms with E-state index in [1.54, 1.807) is 30.3 Å². The van der Waals surface area contributed by atoms with Crippen LogP contribution in [0.5, 0.6) is 0 Å². The maximum Gasteiger partial charge on any atom is 0.274 e. The molecule has 0 aliphatic carbocycles. The van der Waals surface area contributed by atoms with Gasteiger partial charge in [-0.15, -0.1) is 0 Å². The first kappa shape index (κ1) is 17.9. The molecule has 0 spiro atoms. The normalized spacial score (nSPS) is 10.2. The fraction of sp³-hybridized carbons (Fsp3) is 0.278. The van der Waals surface area contributed by atoms with Crippen molar-refractivity contribution in [1.29, 1.82) is 0 Å². The van der Waals surface area contributed by atoms with Crippen LogP contribution in [-0.2, 0) is 0 Å². The molecule has 0 radical (unpaired) electrons. The van der Waals surface area contributed by atoms with E-state index in [1.165, 1.54) is 12.3 Å². The standard InChI is InChI=1S/C18H20ClN3O2/c1-2-3-4-10-21-17(23)13-9-11-20-16(12-13)18(24)22-15-7-5-14(19)6-8-15/h5-9,11-12H,2-4,10H2,1H3,(H,21,23)(H,22,24). The number of anilines is 1. The van der Waals surface area contributed by atoms with E-state index < -0.39 is 0 Å². The summed E-state index contributed by atoms with van der Waals surface area (Å²) in [6.07, 6.45) is 4.57. The molecule has 2 rings (SSSR count). The molecule has 0 atom stereocenters. The molecular weight excluding hydrogens is 326 g/mol. The number of halogens is 1. The Morgan fingerprint density at radius 2 is 1.83 bits per heavy atom. The van der Waals surface area contributed by atoms with E-state index in [0.717, 1.165) is 19.3 Å². The lowest BCUT2D eigenvalue weighted by molar-refractivity contribution is 0.0953. The number of hydrogen-bond acceptors (Lipinski definition) is 3. The van der Waals surface area contributed by atoms with E-state index in [-0.39, 0.29) is 17.5 Å². The van der Waals surface area contributed by atoms with Crippen LogP contribution in [0.2, 0.25) is 5.02 Å². The van der Waals surface area contributed by atoms with Crippen molar-refractivity contribution in [1.82, 2.24) is 10.3 Å². The van der Waals surface area contributed by atoms with Gasteiger partial charge in [0.05, 0.1) is 0 Å². The van der Waals surface area contributed by atoms with Crippen molar-refractivity contribution in [2.75, 3.05) is 11.9 Å². The number of pyridine rings is 1. The minimum atomic E-state index is -0.377. The lowest BCUT2D eigenvalue weighted by Gasteiger charge is -2.07. The third kappa shape index (κ3) is 5.35. The number of rotatable bonds is 7. The first-order valence-electron chi connectivity index (χ1n) is 7.91. The Hall–Kier alpha value is -2.40. The predicted octanol–water partition coefficient (Wildman–Crippen LogP) is 3.91. The van der Waals surface area contributed by atoms with Gasteiger partial charge in [-0.1, -0.05) is 31.4 Å². The average molecular weight is 346 g/mol. The molecule has 2 N–H and O–H groups in total. The zero-order chi connectivity index (χ0) is 17.4. The van der Waals surface area contributed by atoms with Crippen LogP contribution < -0.4 is 10.6 Å². The minimum absolute atomic E-state index is 0.186. The summed E-state index contributed by atoms with van der Waals surface area (Å²) >= 11 is 5.81. The second kappa shape index (κ2) is 9.03. The Balaban J connectivity index is 1.99. The predicted molar refractivity (Wildman–Crippen MR) is 95.5 cm³/mol. The zero-order valence-electron chi connectivity index (χ0n) is 13.5. The van der Waals surface area contributed by atoms with Crippen molar-refractivity contribution in [2.24, 2.45) is 0 Å². The molecular formula is C18H20ClN3O2. The number of amides is 2. The molecule has 1 heterocycles. The summed E-state index contributed by atoms with van der Waals surface area (Å²) in [7, 11) is 0. The van der Waals surface area contributed by atoms with Crippen molar-refractivity contribution in [3.8, 4) is 0 Å². The van der Waals surface area contributed by atoms with Crippen LogP contribution in [-0.4, -0.2) is 23.3 Å². The first-order valence-corrected chi connectivity index (χ1v) is 8.29. The fourth-order valence-corrected chi connectivity index (χ4v) is 2.23. The number of nitrogens with zero attached hydrogens (tertiary/aromatic N) is 1. The zero-order valence-corrected chi connectivity index (χ0v) is 14.3. The van der Waals surface area contributed by atoms with Gasteiger partial charge in [0.1, 0.15) is 5.69 Å². The summed E-state index contributed by atoms with van der Waals surface area (Å²) < 4.78 is 0. The summed E-state index contributed by atoms with van der Waals surface area (Å²) in [5.74, 6) is -0.577.